The molecule has 1 atom stereocenters. The van der Waals surface area contributed by atoms with Crippen LogP contribution in [0.15, 0.2) is 24.5 Å². The predicted octanol–water partition coefficient (Wildman–Crippen LogP) is 1.68. The number of hydroxylamine groups is 2. The molecule has 5 heteroatoms. The molecule has 0 bridgehead atoms. The molecule has 1 fully saturated rings. The molecule has 1 aliphatic rings. The molecule has 1 saturated heterocycles. The second-order valence-electron chi connectivity index (χ2n) is 4.74. The number of carbonyl (C=O) groups excluding carboxylic acids is 1. The molecular weight excluding hydrogens is 242 g/mol. The van der Waals surface area contributed by atoms with Crippen molar-refractivity contribution in [1.29, 1.82) is 0 Å². The highest BCUT2D eigenvalue weighted by atomic mass is 16.7. The zero-order valence-electron chi connectivity index (χ0n) is 11.3. The molecule has 1 aromatic heterocycles. The Labute approximate surface area is 113 Å². The van der Waals surface area contributed by atoms with E-state index in [0.717, 1.165) is 25.9 Å². The molecule has 1 unspecified atom stereocenters. The van der Waals surface area contributed by atoms with Gasteiger partial charge in [0, 0.05) is 37.9 Å². The highest BCUT2D eigenvalue weighted by Crippen LogP contribution is 2.16. The lowest BCUT2D eigenvalue weighted by Crippen LogP contribution is -2.46. The number of pyridine rings is 1. The number of nitrogens with zero attached hydrogens (tertiary/aromatic N) is 2. The van der Waals surface area contributed by atoms with Gasteiger partial charge in [0.1, 0.15) is 0 Å². The van der Waals surface area contributed by atoms with Gasteiger partial charge in [-0.25, -0.2) is 0 Å². The largest absolute Gasteiger partial charge is 0.368 e. The SMILES string of the molecule is CCCCC(=O)ON1CCNC(c2ccncc2)C1. The maximum Gasteiger partial charge on any atom is 0.325 e. The van der Waals surface area contributed by atoms with Gasteiger partial charge in [0.25, 0.3) is 0 Å². The molecule has 0 aliphatic carbocycles. The fraction of sp³-hybridized carbons (Fsp3) is 0.571. The highest BCUT2D eigenvalue weighted by Gasteiger charge is 2.23. The molecule has 0 radical (unpaired) electrons. The molecule has 2 heterocycles. The first kappa shape index (κ1) is 14.0. The second kappa shape index (κ2) is 7.21. The van der Waals surface area contributed by atoms with Crippen LogP contribution in [-0.4, -0.2) is 35.7 Å². The van der Waals surface area contributed by atoms with E-state index in [1.807, 2.05) is 12.1 Å². The normalized spacial score (nSPS) is 20.2. The maximum atomic E-state index is 11.6. The van der Waals surface area contributed by atoms with Crippen LogP contribution in [0.5, 0.6) is 0 Å². The number of rotatable bonds is 5. The maximum absolute atomic E-state index is 11.6. The van der Waals surface area contributed by atoms with Gasteiger partial charge in [-0.1, -0.05) is 13.3 Å². The average molecular weight is 263 g/mol. The summed E-state index contributed by atoms with van der Waals surface area (Å²) in [7, 11) is 0. The van der Waals surface area contributed by atoms with Gasteiger partial charge in [-0.15, -0.1) is 5.06 Å². The van der Waals surface area contributed by atoms with Crippen molar-refractivity contribution in [2.75, 3.05) is 19.6 Å². The van der Waals surface area contributed by atoms with Gasteiger partial charge < -0.3 is 10.2 Å². The summed E-state index contributed by atoms with van der Waals surface area (Å²) in [5.74, 6) is -0.128. The molecule has 19 heavy (non-hydrogen) atoms. The summed E-state index contributed by atoms with van der Waals surface area (Å²) < 4.78 is 0. The molecule has 104 valence electrons. The standard InChI is InChI=1S/C14H21N3O2/c1-2-3-4-14(18)19-17-10-9-16-13(11-17)12-5-7-15-8-6-12/h5-8,13,16H,2-4,9-11H2,1H3. The second-order valence-corrected chi connectivity index (χ2v) is 4.74. The zero-order chi connectivity index (χ0) is 13.5. The molecule has 2 rings (SSSR count). The topological polar surface area (TPSA) is 54.5 Å². The quantitative estimate of drug-likeness (QED) is 0.876. The van der Waals surface area contributed by atoms with Crippen molar-refractivity contribution in [2.45, 2.75) is 32.2 Å². The monoisotopic (exact) mass is 263 g/mol. The minimum Gasteiger partial charge on any atom is -0.368 e. The molecular formula is C14H21N3O2. The Morgan fingerprint density at radius 1 is 1.53 bits per heavy atom. The van der Waals surface area contributed by atoms with E-state index in [4.69, 9.17) is 4.84 Å². The Morgan fingerprint density at radius 3 is 3.05 bits per heavy atom. The lowest BCUT2D eigenvalue weighted by atomic mass is 10.1. The summed E-state index contributed by atoms with van der Waals surface area (Å²) in [6.07, 6.45) is 5.96. The Morgan fingerprint density at radius 2 is 2.32 bits per heavy atom. The van der Waals surface area contributed by atoms with Crippen LogP contribution in [-0.2, 0) is 9.63 Å². The van der Waals surface area contributed by atoms with Crippen LogP contribution in [0.1, 0.15) is 37.8 Å². The third-order valence-electron chi connectivity index (χ3n) is 3.21. The Kier molecular flexibility index (Phi) is 5.30. The van der Waals surface area contributed by atoms with Crippen molar-refractivity contribution in [3.63, 3.8) is 0 Å². The van der Waals surface area contributed by atoms with Crippen LogP contribution in [0, 0.1) is 0 Å². The third kappa shape index (κ3) is 4.29. The van der Waals surface area contributed by atoms with Gasteiger partial charge in [0.15, 0.2) is 0 Å². The number of piperazine rings is 1. The fourth-order valence-electron chi connectivity index (χ4n) is 2.14. The smallest absolute Gasteiger partial charge is 0.325 e. The van der Waals surface area contributed by atoms with E-state index in [9.17, 15) is 4.79 Å². The van der Waals surface area contributed by atoms with E-state index >= 15 is 0 Å². The van der Waals surface area contributed by atoms with Gasteiger partial charge in [0.05, 0.1) is 6.54 Å². The first-order valence-corrected chi connectivity index (χ1v) is 6.88. The first-order chi connectivity index (χ1) is 9.29. The van der Waals surface area contributed by atoms with E-state index in [0.29, 0.717) is 13.0 Å². The fourth-order valence-corrected chi connectivity index (χ4v) is 2.14. The number of aromatic nitrogens is 1. The zero-order valence-corrected chi connectivity index (χ0v) is 11.3. The van der Waals surface area contributed by atoms with E-state index in [1.165, 1.54) is 5.56 Å². The minimum absolute atomic E-state index is 0.128. The summed E-state index contributed by atoms with van der Waals surface area (Å²) in [6.45, 7) is 4.30. The third-order valence-corrected chi connectivity index (χ3v) is 3.21. The Balaban J connectivity index is 1.85. The lowest BCUT2D eigenvalue weighted by Gasteiger charge is -2.32. The van der Waals surface area contributed by atoms with Crippen LogP contribution in [0.25, 0.3) is 0 Å². The number of unbranched alkanes of at least 4 members (excludes halogenated alkanes) is 1. The number of hydrogen-bond acceptors (Lipinski definition) is 5. The first-order valence-electron chi connectivity index (χ1n) is 6.88. The van der Waals surface area contributed by atoms with E-state index < -0.39 is 0 Å². The molecule has 0 saturated carbocycles. The number of nitrogens with one attached hydrogen (secondary N) is 1. The summed E-state index contributed by atoms with van der Waals surface area (Å²) in [4.78, 5) is 21.0. The van der Waals surface area contributed by atoms with Crippen molar-refractivity contribution < 1.29 is 9.63 Å². The molecule has 0 amide bonds. The summed E-state index contributed by atoms with van der Waals surface area (Å²) >= 11 is 0. The van der Waals surface area contributed by atoms with Crippen molar-refractivity contribution in [3.8, 4) is 0 Å². The molecule has 5 nitrogen and oxygen atoms in total. The molecule has 1 aromatic rings. The van der Waals surface area contributed by atoms with E-state index in [1.54, 1.807) is 17.5 Å². The van der Waals surface area contributed by atoms with Gasteiger partial charge in [0.2, 0.25) is 0 Å². The van der Waals surface area contributed by atoms with E-state index in [-0.39, 0.29) is 12.0 Å². The van der Waals surface area contributed by atoms with Gasteiger partial charge >= 0.3 is 5.97 Å². The minimum atomic E-state index is -0.128. The Hall–Kier alpha value is -1.46. The van der Waals surface area contributed by atoms with Crippen molar-refractivity contribution in [1.82, 2.24) is 15.4 Å². The van der Waals surface area contributed by atoms with Crippen molar-refractivity contribution in [3.05, 3.63) is 30.1 Å². The van der Waals surface area contributed by atoms with Gasteiger partial charge in [-0.2, -0.15) is 0 Å². The van der Waals surface area contributed by atoms with Crippen molar-refractivity contribution >= 4 is 5.97 Å². The lowest BCUT2D eigenvalue weighted by molar-refractivity contribution is -0.195. The summed E-state index contributed by atoms with van der Waals surface area (Å²) in [5.41, 5.74) is 1.17. The highest BCUT2D eigenvalue weighted by molar-refractivity contribution is 5.68. The summed E-state index contributed by atoms with van der Waals surface area (Å²) in [6, 6.07) is 4.16. The average Bonchev–Trinajstić information content (AvgIpc) is 2.46. The molecule has 0 spiro atoms. The van der Waals surface area contributed by atoms with Crippen LogP contribution >= 0.6 is 0 Å². The van der Waals surface area contributed by atoms with E-state index in [2.05, 4.69) is 17.2 Å². The number of carbonyl (C=O) groups is 1. The number of hydrogen-bond donors (Lipinski definition) is 1. The van der Waals surface area contributed by atoms with Crippen molar-refractivity contribution in [2.24, 2.45) is 0 Å². The van der Waals surface area contributed by atoms with Gasteiger partial charge in [-0.3, -0.25) is 9.78 Å². The molecule has 1 N–H and O–H groups in total. The predicted molar refractivity (Wildman–Crippen MR) is 72.2 cm³/mol. The van der Waals surface area contributed by atoms with Crippen LogP contribution in [0.3, 0.4) is 0 Å². The van der Waals surface area contributed by atoms with Crippen LogP contribution in [0.2, 0.25) is 0 Å². The Bertz CT molecular complexity index is 397. The van der Waals surface area contributed by atoms with Crippen LogP contribution < -0.4 is 5.32 Å². The molecule has 1 aliphatic heterocycles. The van der Waals surface area contributed by atoms with Gasteiger partial charge in [-0.05, 0) is 24.1 Å². The van der Waals surface area contributed by atoms with Crippen LogP contribution in [0.4, 0.5) is 0 Å². The molecule has 0 aromatic carbocycles. The summed E-state index contributed by atoms with van der Waals surface area (Å²) in [5, 5.41) is 5.18.